The second kappa shape index (κ2) is 5.79. The van der Waals surface area contributed by atoms with Crippen molar-refractivity contribution in [3.05, 3.63) is 35.9 Å². The van der Waals surface area contributed by atoms with Gasteiger partial charge in [-0.25, -0.2) is 9.07 Å². The van der Waals surface area contributed by atoms with Gasteiger partial charge in [-0.1, -0.05) is 18.6 Å². The number of ether oxygens (including phenoxy) is 1. The van der Waals surface area contributed by atoms with Crippen LogP contribution < -0.4 is 10.5 Å². The summed E-state index contributed by atoms with van der Waals surface area (Å²) in [5, 5.41) is 7.98. The van der Waals surface area contributed by atoms with Gasteiger partial charge in [-0.15, -0.1) is 5.10 Å². The molecule has 0 aliphatic heterocycles. The first-order chi connectivity index (χ1) is 9.15. The molecule has 0 saturated heterocycles. The molecule has 0 aliphatic rings. The molecule has 2 rings (SSSR count). The van der Waals surface area contributed by atoms with Crippen LogP contribution in [0.15, 0.2) is 24.4 Å². The number of aromatic nitrogens is 3. The summed E-state index contributed by atoms with van der Waals surface area (Å²) in [6.45, 7) is 2.06. The Morgan fingerprint density at radius 1 is 1.47 bits per heavy atom. The molecule has 1 atom stereocenters. The summed E-state index contributed by atoms with van der Waals surface area (Å²) < 4.78 is 20.0. The predicted molar refractivity (Wildman–Crippen MR) is 69.7 cm³/mol. The number of hydrogen-bond acceptors (Lipinski definition) is 4. The van der Waals surface area contributed by atoms with Crippen molar-refractivity contribution in [3.63, 3.8) is 0 Å². The van der Waals surface area contributed by atoms with E-state index in [9.17, 15) is 4.39 Å². The zero-order valence-corrected chi connectivity index (χ0v) is 11.0. The largest absolute Gasteiger partial charge is 0.494 e. The van der Waals surface area contributed by atoms with Crippen molar-refractivity contribution in [1.82, 2.24) is 15.0 Å². The molecule has 102 valence electrons. The van der Waals surface area contributed by atoms with Crippen molar-refractivity contribution in [2.45, 2.75) is 25.8 Å². The van der Waals surface area contributed by atoms with Crippen molar-refractivity contribution in [3.8, 4) is 11.4 Å². The van der Waals surface area contributed by atoms with Gasteiger partial charge in [-0.05, 0) is 18.6 Å². The van der Waals surface area contributed by atoms with Crippen molar-refractivity contribution >= 4 is 0 Å². The van der Waals surface area contributed by atoms with E-state index >= 15 is 0 Å². The normalized spacial score (nSPS) is 12.4. The molecule has 1 aromatic heterocycles. The Hall–Kier alpha value is -1.95. The first-order valence-corrected chi connectivity index (χ1v) is 6.17. The van der Waals surface area contributed by atoms with E-state index in [1.54, 1.807) is 18.3 Å². The lowest BCUT2D eigenvalue weighted by atomic mass is 10.1. The van der Waals surface area contributed by atoms with Crippen LogP contribution in [0.1, 0.15) is 31.5 Å². The molecule has 0 aliphatic carbocycles. The third-order valence-corrected chi connectivity index (χ3v) is 2.89. The van der Waals surface area contributed by atoms with Crippen LogP contribution in [0.2, 0.25) is 0 Å². The first kappa shape index (κ1) is 13.5. The van der Waals surface area contributed by atoms with Crippen molar-refractivity contribution in [2.75, 3.05) is 7.11 Å². The van der Waals surface area contributed by atoms with Crippen molar-refractivity contribution in [1.29, 1.82) is 0 Å². The van der Waals surface area contributed by atoms with Crippen molar-refractivity contribution in [2.24, 2.45) is 5.73 Å². The maximum absolute atomic E-state index is 13.6. The molecule has 0 saturated carbocycles. The van der Waals surface area contributed by atoms with E-state index < -0.39 is 5.82 Å². The second-order valence-electron chi connectivity index (χ2n) is 4.30. The summed E-state index contributed by atoms with van der Waals surface area (Å²) in [5.74, 6) is -0.235. The Kier molecular flexibility index (Phi) is 4.11. The van der Waals surface area contributed by atoms with Gasteiger partial charge in [0, 0.05) is 6.07 Å². The van der Waals surface area contributed by atoms with Crippen LogP contribution in [-0.2, 0) is 0 Å². The summed E-state index contributed by atoms with van der Waals surface area (Å²) >= 11 is 0. The summed E-state index contributed by atoms with van der Waals surface area (Å²) in [7, 11) is 1.43. The highest BCUT2D eigenvalue weighted by Gasteiger charge is 2.11. The Balaban J connectivity index is 2.25. The lowest BCUT2D eigenvalue weighted by Crippen LogP contribution is -2.10. The first-order valence-electron chi connectivity index (χ1n) is 6.17. The van der Waals surface area contributed by atoms with E-state index in [1.165, 1.54) is 17.9 Å². The molecular formula is C13H17FN4O. The maximum Gasteiger partial charge on any atom is 0.167 e. The third kappa shape index (κ3) is 2.90. The Bertz CT molecular complexity index is 555. The smallest absolute Gasteiger partial charge is 0.167 e. The Morgan fingerprint density at radius 3 is 2.89 bits per heavy atom. The molecule has 2 N–H and O–H groups in total. The van der Waals surface area contributed by atoms with E-state index in [1.807, 2.05) is 0 Å². The van der Waals surface area contributed by atoms with Gasteiger partial charge in [0.15, 0.2) is 11.6 Å². The van der Waals surface area contributed by atoms with Crippen LogP contribution in [0, 0.1) is 5.82 Å². The number of methoxy groups -OCH3 is 1. The zero-order chi connectivity index (χ0) is 13.8. The minimum absolute atomic E-state index is 0.137. The number of halogens is 1. The lowest BCUT2D eigenvalue weighted by molar-refractivity contribution is 0.386. The van der Waals surface area contributed by atoms with E-state index in [0.717, 1.165) is 12.8 Å². The molecule has 1 aromatic carbocycles. The van der Waals surface area contributed by atoms with Gasteiger partial charge in [0.25, 0.3) is 0 Å². The molecule has 5 nitrogen and oxygen atoms in total. The number of nitrogens with zero attached hydrogens (tertiary/aromatic N) is 3. The van der Waals surface area contributed by atoms with Crippen LogP contribution in [0.3, 0.4) is 0 Å². The van der Waals surface area contributed by atoms with Crippen molar-refractivity contribution < 1.29 is 9.13 Å². The predicted octanol–water partition coefficient (Wildman–Crippen LogP) is 2.21. The quantitative estimate of drug-likeness (QED) is 0.899. The molecular weight excluding hydrogens is 247 g/mol. The molecule has 1 unspecified atom stereocenters. The Labute approximate surface area is 111 Å². The average molecular weight is 264 g/mol. The topological polar surface area (TPSA) is 66.0 Å². The van der Waals surface area contributed by atoms with E-state index in [-0.39, 0.29) is 11.8 Å². The molecule has 2 aromatic rings. The van der Waals surface area contributed by atoms with Gasteiger partial charge in [0.05, 0.1) is 30.7 Å². The molecule has 19 heavy (non-hydrogen) atoms. The van der Waals surface area contributed by atoms with Gasteiger partial charge in [0.1, 0.15) is 0 Å². The molecule has 0 bridgehead atoms. The monoisotopic (exact) mass is 264 g/mol. The molecule has 0 radical (unpaired) electrons. The number of benzene rings is 1. The van der Waals surface area contributed by atoms with Gasteiger partial charge in [-0.3, -0.25) is 0 Å². The maximum atomic E-state index is 13.6. The van der Waals surface area contributed by atoms with E-state index in [2.05, 4.69) is 17.2 Å². The van der Waals surface area contributed by atoms with Gasteiger partial charge >= 0.3 is 0 Å². The van der Waals surface area contributed by atoms with Gasteiger partial charge < -0.3 is 10.5 Å². The van der Waals surface area contributed by atoms with Crippen LogP contribution in [0.4, 0.5) is 4.39 Å². The summed E-state index contributed by atoms with van der Waals surface area (Å²) in [6, 6.07) is 4.48. The van der Waals surface area contributed by atoms with E-state index in [0.29, 0.717) is 11.4 Å². The van der Waals surface area contributed by atoms with E-state index in [4.69, 9.17) is 10.5 Å². The summed E-state index contributed by atoms with van der Waals surface area (Å²) in [6.07, 6.45) is 3.54. The molecule has 0 amide bonds. The third-order valence-electron chi connectivity index (χ3n) is 2.89. The molecule has 1 heterocycles. The number of hydrogen-bond donors (Lipinski definition) is 1. The molecule has 6 heteroatoms. The number of rotatable bonds is 5. The fourth-order valence-electron chi connectivity index (χ4n) is 1.83. The van der Waals surface area contributed by atoms with Crippen LogP contribution in [0.5, 0.6) is 5.75 Å². The lowest BCUT2D eigenvalue weighted by Gasteiger charge is -2.05. The van der Waals surface area contributed by atoms with Crippen LogP contribution in [-0.4, -0.2) is 22.1 Å². The highest BCUT2D eigenvalue weighted by molar-refractivity contribution is 5.38. The van der Waals surface area contributed by atoms with Gasteiger partial charge in [-0.2, -0.15) is 0 Å². The van der Waals surface area contributed by atoms with Gasteiger partial charge in [0.2, 0.25) is 0 Å². The molecule has 0 spiro atoms. The summed E-state index contributed by atoms with van der Waals surface area (Å²) in [5.41, 5.74) is 7.25. The fraction of sp³-hybridized carbons (Fsp3) is 0.385. The zero-order valence-electron chi connectivity index (χ0n) is 11.0. The van der Waals surface area contributed by atoms with Crippen LogP contribution >= 0.6 is 0 Å². The average Bonchev–Trinajstić information content (AvgIpc) is 2.88. The minimum atomic E-state index is -0.435. The highest BCUT2D eigenvalue weighted by atomic mass is 19.1. The summed E-state index contributed by atoms with van der Waals surface area (Å²) in [4.78, 5) is 0. The number of nitrogens with two attached hydrogens (primary N) is 1. The highest BCUT2D eigenvalue weighted by Crippen LogP contribution is 2.20. The van der Waals surface area contributed by atoms with Crippen LogP contribution in [0.25, 0.3) is 5.69 Å². The standard InChI is InChI=1S/C13H17FN4O/c1-3-4-11(15)12-8-18(17-16-12)9-5-6-13(19-2)10(14)7-9/h5-8,11H,3-4,15H2,1-2H3. The fourth-order valence-corrected chi connectivity index (χ4v) is 1.83. The SMILES string of the molecule is CCCC(N)c1cn(-c2ccc(OC)c(F)c2)nn1. The second-order valence-corrected chi connectivity index (χ2v) is 4.30. The minimum Gasteiger partial charge on any atom is -0.494 e. The molecule has 0 fully saturated rings. The Morgan fingerprint density at radius 2 is 2.26 bits per heavy atom.